The molecule has 0 aliphatic carbocycles. The largest absolute Gasteiger partial charge is 0.317 e. The van der Waals surface area contributed by atoms with Gasteiger partial charge in [0.2, 0.25) is 0 Å². The van der Waals surface area contributed by atoms with Crippen molar-refractivity contribution >= 4 is 0 Å². The third kappa shape index (κ3) is 6.20. The van der Waals surface area contributed by atoms with E-state index in [0.717, 1.165) is 31.0 Å². The van der Waals surface area contributed by atoms with Crippen LogP contribution in [0, 0.1) is 17.7 Å². The third-order valence-corrected chi connectivity index (χ3v) is 3.67. The maximum atomic E-state index is 13.7. The van der Waals surface area contributed by atoms with Gasteiger partial charge in [0, 0.05) is 0 Å². The minimum absolute atomic E-state index is 0.0628. The van der Waals surface area contributed by atoms with Gasteiger partial charge < -0.3 is 5.32 Å². The highest BCUT2D eigenvalue weighted by molar-refractivity contribution is 5.17. The Bertz CT molecular complexity index is 351. The van der Waals surface area contributed by atoms with Crippen molar-refractivity contribution in [2.75, 3.05) is 13.1 Å². The van der Waals surface area contributed by atoms with Crippen LogP contribution in [0.4, 0.5) is 4.39 Å². The van der Waals surface area contributed by atoms with Gasteiger partial charge in [0.1, 0.15) is 5.82 Å². The predicted molar refractivity (Wildman–Crippen MR) is 80.8 cm³/mol. The van der Waals surface area contributed by atoms with Crippen LogP contribution in [0.1, 0.15) is 45.6 Å². The molecule has 19 heavy (non-hydrogen) atoms. The van der Waals surface area contributed by atoms with Crippen LogP contribution in [-0.2, 0) is 6.42 Å². The zero-order valence-electron chi connectivity index (χ0n) is 12.6. The molecule has 1 N–H and O–H groups in total. The van der Waals surface area contributed by atoms with Crippen molar-refractivity contribution in [1.82, 2.24) is 5.32 Å². The van der Waals surface area contributed by atoms with E-state index in [1.54, 1.807) is 12.1 Å². The van der Waals surface area contributed by atoms with Crippen LogP contribution in [0.15, 0.2) is 24.3 Å². The van der Waals surface area contributed by atoms with Crippen LogP contribution < -0.4 is 5.32 Å². The third-order valence-electron chi connectivity index (χ3n) is 3.67. The fourth-order valence-corrected chi connectivity index (χ4v) is 2.74. The summed E-state index contributed by atoms with van der Waals surface area (Å²) in [5.41, 5.74) is 0.856. The van der Waals surface area contributed by atoms with Crippen LogP contribution in [-0.4, -0.2) is 13.1 Å². The second-order valence-corrected chi connectivity index (χ2v) is 5.60. The minimum Gasteiger partial charge on any atom is -0.317 e. The fourth-order valence-electron chi connectivity index (χ4n) is 2.74. The average molecular weight is 265 g/mol. The maximum Gasteiger partial charge on any atom is 0.126 e. The molecular weight excluding hydrogens is 237 g/mol. The molecule has 1 aromatic carbocycles. The van der Waals surface area contributed by atoms with Crippen molar-refractivity contribution in [3.05, 3.63) is 35.6 Å². The van der Waals surface area contributed by atoms with E-state index in [4.69, 9.17) is 0 Å². The summed E-state index contributed by atoms with van der Waals surface area (Å²) in [4.78, 5) is 0. The Hall–Kier alpha value is -0.890. The first-order valence-corrected chi connectivity index (χ1v) is 7.61. The highest BCUT2D eigenvalue weighted by Gasteiger charge is 2.15. The maximum absolute atomic E-state index is 13.7. The molecule has 1 aromatic rings. The zero-order valence-corrected chi connectivity index (χ0v) is 12.6. The van der Waals surface area contributed by atoms with Crippen LogP contribution in [0.3, 0.4) is 0 Å². The molecule has 0 bridgehead atoms. The Labute approximate surface area is 117 Å². The standard InChI is InChI=1S/C17H28FN/c1-4-8-14(3)11-15(13-19-5-2)12-16-9-6-7-10-17(16)18/h6-7,9-10,14-15,19H,4-5,8,11-13H2,1-3H3. The van der Waals surface area contributed by atoms with Crippen LogP contribution >= 0.6 is 0 Å². The van der Waals surface area contributed by atoms with Crippen molar-refractivity contribution in [1.29, 1.82) is 0 Å². The highest BCUT2D eigenvalue weighted by atomic mass is 19.1. The molecule has 0 aromatic heterocycles. The van der Waals surface area contributed by atoms with Crippen molar-refractivity contribution < 1.29 is 4.39 Å². The van der Waals surface area contributed by atoms with Gasteiger partial charge in [-0.2, -0.15) is 0 Å². The van der Waals surface area contributed by atoms with Gasteiger partial charge in [0.05, 0.1) is 0 Å². The summed E-state index contributed by atoms with van der Waals surface area (Å²) in [6.07, 6.45) is 4.51. The Balaban J connectivity index is 2.60. The van der Waals surface area contributed by atoms with E-state index in [1.807, 2.05) is 12.1 Å². The van der Waals surface area contributed by atoms with E-state index in [1.165, 1.54) is 19.3 Å². The van der Waals surface area contributed by atoms with Gasteiger partial charge in [0.25, 0.3) is 0 Å². The molecule has 2 unspecified atom stereocenters. The monoisotopic (exact) mass is 265 g/mol. The smallest absolute Gasteiger partial charge is 0.126 e. The average Bonchev–Trinajstić information content (AvgIpc) is 2.39. The van der Waals surface area contributed by atoms with E-state index in [-0.39, 0.29) is 5.82 Å². The second-order valence-electron chi connectivity index (χ2n) is 5.60. The molecular formula is C17H28FN. The molecule has 1 nitrogen and oxygen atoms in total. The van der Waals surface area contributed by atoms with E-state index in [2.05, 4.69) is 26.1 Å². The summed E-state index contributed by atoms with van der Waals surface area (Å²) in [7, 11) is 0. The molecule has 0 saturated heterocycles. The topological polar surface area (TPSA) is 12.0 Å². The van der Waals surface area contributed by atoms with Gasteiger partial charge >= 0.3 is 0 Å². The van der Waals surface area contributed by atoms with E-state index in [0.29, 0.717) is 5.92 Å². The van der Waals surface area contributed by atoms with Crippen molar-refractivity contribution in [2.45, 2.75) is 46.5 Å². The first-order chi connectivity index (χ1) is 9.17. The van der Waals surface area contributed by atoms with Crippen molar-refractivity contribution in [3.63, 3.8) is 0 Å². The number of hydrogen-bond donors (Lipinski definition) is 1. The van der Waals surface area contributed by atoms with Gasteiger partial charge in [-0.05, 0) is 49.4 Å². The summed E-state index contributed by atoms with van der Waals surface area (Å²) < 4.78 is 13.7. The molecule has 0 aliphatic rings. The normalized spacial score (nSPS) is 14.3. The van der Waals surface area contributed by atoms with Crippen molar-refractivity contribution in [3.8, 4) is 0 Å². The lowest BCUT2D eigenvalue weighted by atomic mass is 9.88. The van der Waals surface area contributed by atoms with Crippen molar-refractivity contribution in [2.24, 2.45) is 11.8 Å². The summed E-state index contributed by atoms with van der Waals surface area (Å²) >= 11 is 0. The van der Waals surface area contributed by atoms with Gasteiger partial charge in [0.15, 0.2) is 0 Å². The number of halogens is 1. The van der Waals surface area contributed by atoms with Gasteiger partial charge in [-0.15, -0.1) is 0 Å². The quantitative estimate of drug-likeness (QED) is 0.697. The molecule has 2 heteroatoms. The molecule has 0 radical (unpaired) electrons. The summed E-state index contributed by atoms with van der Waals surface area (Å²) in [5.74, 6) is 1.19. The molecule has 0 spiro atoms. The first kappa shape index (κ1) is 16.2. The van der Waals surface area contributed by atoms with Gasteiger partial charge in [-0.1, -0.05) is 51.8 Å². The Morgan fingerprint density at radius 3 is 2.58 bits per heavy atom. The number of benzene rings is 1. The Morgan fingerprint density at radius 1 is 1.21 bits per heavy atom. The number of rotatable bonds is 9. The molecule has 0 saturated carbocycles. The summed E-state index contributed by atoms with van der Waals surface area (Å²) in [5, 5.41) is 3.41. The lowest BCUT2D eigenvalue weighted by Gasteiger charge is -2.21. The SMILES string of the molecule is CCCC(C)CC(CNCC)Cc1ccccc1F. The fraction of sp³-hybridized carbons (Fsp3) is 0.647. The van der Waals surface area contributed by atoms with Crippen LogP contribution in [0.2, 0.25) is 0 Å². The predicted octanol–water partition coefficient (Wildman–Crippen LogP) is 4.42. The first-order valence-electron chi connectivity index (χ1n) is 7.61. The molecule has 108 valence electrons. The van der Waals surface area contributed by atoms with E-state index in [9.17, 15) is 4.39 Å². The molecule has 2 atom stereocenters. The summed E-state index contributed by atoms with van der Waals surface area (Å²) in [6.45, 7) is 8.63. The minimum atomic E-state index is -0.0628. The van der Waals surface area contributed by atoms with Gasteiger partial charge in [-0.3, -0.25) is 0 Å². The van der Waals surface area contributed by atoms with Gasteiger partial charge in [-0.25, -0.2) is 4.39 Å². The van der Waals surface area contributed by atoms with E-state index >= 15 is 0 Å². The molecule has 0 aliphatic heterocycles. The van der Waals surface area contributed by atoms with Crippen LogP contribution in [0.25, 0.3) is 0 Å². The summed E-state index contributed by atoms with van der Waals surface area (Å²) in [6, 6.07) is 7.17. The highest BCUT2D eigenvalue weighted by Crippen LogP contribution is 2.21. The molecule has 0 fully saturated rings. The zero-order chi connectivity index (χ0) is 14.1. The Kier molecular flexibility index (Phi) is 7.73. The number of hydrogen-bond acceptors (Lipinski definition) is 1. The number of nitrogens with one attached hydrogen (secondary N) is 1. The van der Waals surface area contributed by atoms with E-state index < -0.39 is 0 Å². The lowest BCUT2D eigenvalue weighted by Crippen LogP contribution is -2.25. The second kappa shape index (κ2) is 9.08. The molecule has 1 rings (SSSR count). The van der Waals surface area contributed by atoms with Crippen LogP contribution in [0.5, 0.6) is 0 Å². The lowest BCUT2D eigenvalue weighted by molar-refractivity contribution is 0.353. The molecule has 0 heterocycles. The Morgan fingerprint density at radius 2 is 1.95 bits per heavy atom. The molecule has 0 amide bonds.